The molecule has 0 saturated carbocycles. The molecule has 0 unspecified atom stereocenters. The summed E-state index contributed by atoms with van der Waals surface area (Å²) in [6, 6.07) is 9.13. The van der Waals surface area contributed by atoms with Crippen LogP contribution in [0, 0.1) is 6.92 Å². The van der Waals surface area contributed by atoms with Crippen molar-refractivity contribution in [3.63, 3.8) is 0 Å². The quantitative estimate of drug-likeness (QED) is 0.804. The Kier molecular flexibility index (Phi) is 5.49. The third kappa shape index (κ3) is 4.56. The lowest BCUT2D eigenvalue weighted by molar-refractivity contribution is 0.0953. The Morgan fingerprint density at radius 2 is 2.05 bits per heavy atom. The molecule has 2 rings (SSSR count). The predicted octanol–water partition coefficient (Wildman–Crippen LogP) is 2.97. The molecule has 6 heteroatoms. The van der Waals surface area contributed by atoms with Crippen molar-refractivity contribution in [2.75, 3.05) is 11.9 Å². The van der Waals surface area contributed by atoms with Crippen molar-refractivity contribution in [2.24, 2.45) is 0 Å². The van der Waals surface area contributed by atoms with Gasteiger partial charge in [-0.1, -0.05) is 29.8 Å². The first-order valence-corrected chi connectivity index (χ1v) is 7.19. The molecule has 2 aromatic rings. The Morgan fingerprint density at radius 1 is 1.32 bits per heavy atom. The van der Waals surface area contributed by atoms with Crippen LogP contribution in [0.1, 0.15) is 21.7 Å². The second kappa shape index (κ2) is 7.56. The van der Waals surface area contributed by atoms with Crippen molar-refractivity contribution in [2.45, 2.75) is 13.5 Å². The SMILES string of the molecule is C=CCNC(=O)c1cc(C)nc(NCc2ccc(Cl)cc2)n1. The van der Waals surface area contributed by atoms with Crippen LogP contribution in [0.4, 0.5) is 5.95 Å². The molecule has 1 amide bonds. The van der Waals surface area contributed by atoms with Crippen molar-refractivity contribution in [3.05, 3.63) is 65.0 Å². The average molecular weight is 317 g/mol. The van der Waals surface area contributed by atoms with Gasteiger partial charge in [-0.15, -0.1) is 6.58 Å². The molecule has 0 spiro atoms. The van der Waals surface area contributed by atoms with Gasteiger partial charge in [-0.2, -0.15) is 0 Å². The van der Waals surface area contributed by atoms with E-state index in [-0.39, 0.29) is 5.91 Å². The largest absolute Gasteiger partial charge is 0.350 e. The normalized spacial score (nSPS) is 10.1. The highest BCUT2D eigenvalue weighted by atomic mass is 35.5. The number of rotatable bonds is 6. The van der Waals surface area contributed by atoms with Crippen molar-refractivity contribution < 1.29 is 4.79 Å². The standard InChI is InChI=1S/C16H17ClN4O/c1-3-8-18-15(22)14-9-11(2)20-16(21-14)19-10-12-4-6-13(17)7-5-12/h3-7,9H,1,8,10H2,2H3,(H,18,22)(H,19,20,21). The summed E-state index contributed by atoms with van der Waals surface area (Å²) >= 11 is 5.85. The highest BCUT2D eigenvalue weighted by Crippen LogP contribution is 2.11. The summed E-state index contributed by atoms with van der Waals surface area (Å²) in [7, 11) is 0. The number of nitrogens with one attached hydrogen (secondary N) is 2. The van der Waals surface area contributed by atoms with Crippen LogP contribution in [-0.4, -0.2) is 22.4 Å². The first-order chi connectivity index (χ1) is 10.6. The maximum atomic E-state index is 11.9. The topological polar surface area (TPSA) is 66.9 Å². The summed E-state index contributed by atoms with van der Waals surface area (Å²) in [5.41, 5.74) is 2.09. The van der Waals surface area contributed by atoms with E-state index in [1.807, 2.05) is 31.2 Å². The number of aryl methyl sites for hydroxylation is 1. The van der Waals surface area contributed by atoms with E-state index >= 15 is 0 Å². The van der Waals surface area contributed by atoms with E-state index in [0.29, 0.717) is 29.8 Å². The van der Waals surface area contributed by atoms with Gasteiger partial charge in [-0.05, 0) is 30.7 Å². The maximum Gasteiger partial charge on any atom is 0.270 e. The van der Waals surface area contributed by atoms with Crippen LogP contribution in [0.25, 0.3) is 0 Å². The van der Waals surface area contributed by atoms with E-state index in [1.54, 1.807) is 12.1 Å². The van der Waals surface area contributed by atoms with E-state index in [0.717, 1.165) is 11.3 Å². The summed E-state index contributed by atoms with van der Waals surface area (Å²) in [4.78, 5) is 20.4. The number of halogens is 1. The van der Waals surface area contributed by atoms with Crippen LogP contribution in [0.15, 0.2) is 43.0 Å². The van der Waals surface area contributed by atoms with Gasteiger partial charge in [0.25, 0.3) is 5.91 Å². The van der Waals surface area contributed by atoms with Gasteiger partial charge in [-0.3, -0.25) is 4.79 Å². The van der Waals surface area contributed by atoms with Gasteiger partial charge in [0.1, 0.15) is 5.69 Å². The molecule has 0 fully saturated rings. The van der Waals surface area contributed by atoms with Gasteiger partial charge in [0.05, 0.1) is 0 Å². The minimum Gasteiger partial charge on any atom is -0.350 e. The molecule has 1 aromatic carbocycles. The Hall–Kier alpha value is -2.40. The summed E-state index contributed by atoms with van der Waals surface area (Å²) in [6.07, 6.45) is 1.62. The van der Waals surface area contributed by atoms with E-state index < -0.39 is 0 Å². The molecule has 0 aliphatic carbocycles. The minimum absolute atomic E-state index is 0.250. The fraction of sp³-hybridized carbons (Fsp3) is 0.188. The first-order valence-electron chi connectivity index (χ1n) is 6.81. The number of benzene rings is 1. The number of carbonyl (C=O) groups excluding carboxylic acids is 1. The third-order valence-electron chi connectivity index (χ3n) is 2.86. The Morgan fingerprint density at radius 3 is 2.73 bits per heavy atom. The minimum atomic E-state index is -0.250. The predicted molar refractivity (Wildman–Crippen MR) is 88.1 cm³/mol. The highest BCUT2D eigenvalue weighted by Gasteiger charge is 2.09. The number of carbonyl (C=O) groups is 1. The van der Waals surface area contributed by atoms with E-state index in [2.05, 4.69) is 27.2 Å². The Labute approximate surface area is 134 Å². The third-order valence-corrected chi connectivity index (χ3v) is 3.11. The van der Waals surface area contributed by atoms with E-state index in [1.165, 1.54) is 0 Å². The maximum absolute atomic E-state index is 11.9. The molecular weight excluding hydrogens is 300 g/mol. The molecule has 0 radical (unpaired) electrons. The van der Waals surface area contributed by atoms with Crippen molar-refractivity contribution in [3.8, 4) is 0 Å². The number of hydrogen-bond acceptors (Lipinski definition) is 4. The zero-order chi connectivity index (χ0) is 15.9. The van der Waals surface area contributed by atoms with Crippen LogP contribution in [0.5, 0.6) is 0 Å². The number of nitrogens with zero attached hydrogens (tertiary/aromatic N) is 2. The van der Waals surface area contributed by atoms with Crippen molar-refractivity contribution in [1.29, 1.82) is 0 Å². The number of amides is 1. The molecule has 114 valence electrons. The molecule has 0 atom stereocenters. The molecule has 22 heavy (non-hydrogen) atoms. The number of anilines is 1. The van der Waals surface area contributed by atoms with Crippen LogP contribution in [-0.2, 0) is 6.54 Å². The number of hydrogen-bond donors (Lipinski definition) is 2. The van der Waals surface area contributed by atoms with Crippen molar-refractivity contribution in [1.82, 2.24) is 15.3 Å². The van der Waals surface area contributed by atoms with Crippen LogP contribution < -0.4 is 10.6 Å². The average Bonchev–Trinajstić information content (AvgIpc) is 2.51. The van der Waals surface area contributed by atoms with E-state index in [4.69, 9.17) is 11.6 Å². The Bertz CT molecular complexity index is 670. The smallest absolute Gasteiger partial charge is 0.270 e. The summed E-state index contributed by atoms with van der Waals surface area (Å²) in [6.45, 7) is 6.33. The lowest BCUT2D eigenvalue weighted by atomic mass is 10.2. The summed E-state index contributed by atoms with van der Waals surface area (Å²) in [5.74, 6) is 0.165. The lowest BCUT2D eigenvalue weighted by Crippen LogP contribution is -2.25. The summed E-state index contributed by atoms with van der Waals surface area (Å²) in [5, 5.41) is 6.49. The molecule has 0 aliphatic rings. The van der Waals surface area contributed by atoms with Crippen LogP contribution in [0.2, 0.25) is 5.02 Å². The van der Waals surface area contributed by atoms with Gasteiger partial charge in [0, 0.05) is 23.8 Å². The van der Waals surface area contributed by atoms with Gasteiger partial charge >= 0.3 is 0 Å². The molecule has 2 N–H and O–H groups in total. The fourth-order valence-corrected chi connectivity index (χ4v) is 1.93. The molecular formula is C16H17ClN4O. The van der Waals surface area contributed by atoms with Gasteiger partial charge in [-0.25, -0.2) is 9.97 Å². The van der Waals surface area contributed by atoms with Gasteiger partial charge in [0.15, 0.2) is 0 Å². The second-order valence-electron chi connectivity index (χ2n) is 4.70. The van der Waals surface area contributed by atoms with Crippen LogP contribution in [0.3, 0.4) is 0 Å². The van der Waals surface area contributed by atoms with Crippen molar-refractivity contribution >= 4 is 23.5 Å². The fourth-order valence-electron chi connectivity index (χ4n) is 1.80. The van der Waals surface area contributed by atoms with Gasteiger partial charge < -0.3 is 10.6 Å². The molecule has 0 saturated heterocycles. The van der Waals surface area contributed by atoms with Gasteiger partial charge in [0.2, 0.25) is 5.95 Å². The molecule has 1 aromatic heterocycles. The monoisotopic (exact) mass is 316 g/mol. The van der Waals surface area contributed by atoms with E-state index in [9.17, 15) is 4.79 Å². The lowest BCUT2D eigenvalue weighted by Gasteiger charge is -2.08. The highest BCUT2D eigenvalue weighted by molar-refractivity contribution is 6.30. The number of aromatic nitrogens is 2. The second-order valence-corrected chi connectivity index (χ2v) is 5.13. The summed E-state index contributed by atoms with van der Waals surface area (Å²) < 4.78 is 0. The first kappa shape index (κ1) is 16.0. The molecule has 5 nitrogen and oxygen atoms in total. The molecule has 1 heterocycles. The molecule has 0 aliphatic heterocycles. The van der Waals surface area contributed by atoms with Crippen LogP contribution >= 0.6 is 11.6 Å². The molecule has 0 bridgehead atoms. The zero-order valence-electron chi connectivity index (χ0n) is 12.3. The Balaban J connectivity index is 2.07. The zero-order valence-corrected chi connectivity index (χ0v) is 13.0.